The highest BCUT2D eigenvalue weighted by Crippen LogP contribution is 2.27. The van der Waals surface area contributed by atoms with E-state index in [0.717, 1.165) is 29.9 Å². The Kier molecular flexibility index (Phi) is 5.69. The number of benzene rings is 2. The van der Waals surface area contributed by atoms with E-state index in [1.807, 2.05) is 30.3 Å². The highest BCUT2D eigenvalue weighted by atomic mass is 16.5. The van der Waals surface area contributed by atoms with E-state index >= 15 is 0 Å². The number of ether oxygens (including phenoxy) is 1. The van der Waals surface area contributed by atoms with Gasteiger partial charge < -0.3 is 15.0 Å². The van der Waals surface area contributed by atoms with E-state index in [-0.39, 0.29) is 0 Å². The van der Waals surface area contributed by atoms with Gasteiger partial charge in [0.2, 0.25) is 5.91 Å². The first-order chi connectivity index (χ1) is 12.7. The number of aromatic nitrogens is 1. The normalized spacial score (nSPS) is 10.7. The van der Waals surface area contributed by atoms with Crippen LogP contribution in [0.15, 0.2) is 59.1 Å². The zero-order chi connectivity index (χ0) is 18.4. The predicted octanol–water partition coefficient (Wildman–Crippen LogP) is 4.68. The average Bonchev–Trinajstić information content (AvgIpc) is 3.16. The molecular formula is C21H22N2O3. The molecule has 26 heavy (non-hydrogen) atoms. The number of hydrogen-bond donors (Lipinski definition) is 1. The molecule has 2 N–H and O–H groups in total. The minimum atomic E-state index is -0.450. The fourth-order valence-electron chi connectivity index (χ4n) is 2.61. The Morgan fingerprint density at radius 1 is 1.04 bits per heavy atom. The lowest BCUT2D eigenvalue weighted by atomic mass is 10.1. The molecule has 0 saturated carbocycles. The fraction of sp³-hybridized carbons (Fsp3) is 0.238. The van der Waals surface area contributed by atoms with Crippen LogP contribution in [0.1, 0.15) is 36.5 Å². The van der Waals surface area contributed by atoms with E-state index in [1.165, 1.54) is 12.8 Å². The largest absolute Gasteiger partial charge is 0.494 e. The minimum Gasteiger partial charge on any atom is -0.494 e. The van der Waals surface area contributed by atoms with E-state index in [2.05, 4.69) is 12.1 Å². The van der Waals surface area contributed by atoms with Crippen molar-refractivity contribution >= 4 is 5.91 Å². The number of carbonyl (C=O) groups is 1. The van der Waals surface area contributed by atoms with Crippen molar-refractivity contribution in [3.05, 3.63) is 60.2 Å². The van der Waals surface area contributed by atoms with Crippen LogP contribution in [-0.4, -0.2) is 17.7 Å². The van der Waals surface area contributed by atoms with Crippen LogP contribution in [0.4, 0.5) is 0 Å². The molecule has 3 rings (SSSR count). The van der Waals surface area contributed by atoms with Gasteiger partial charge in [0.05, 0.1) is 6.61 Å². The lowest BCUT2D eigenvalue weighted by Gasteiger charge is -2.05. The van der Waals surface area contributed by atoms with Crippen molar-refractivity contribution in [1.82, 2.24) is 5.16 Å². The first kappa shape index (κ1) is 17.7. The number of amides is 1. The van der Waals surface area contributed by atoms with Crippen molar-refractivity contribution in [2.45, 2.75) is 26.2 Å². The van der Waals surface area contributed by atoms with Gasteiger partial charge in [-0.25, -0.2) is 0 Å². The van der Waals surface area contributed by atoms with Gasteiger partial charge in [-0.2, -0.15) is 0 Å². The molecule has 0 saturated heterocycles. The number of hydrogen-bond acceptors (Lipinski definition) is 4. The topological polar surface area (TPSA) is 78.4 Å². The Hall–Kier alpha value is -3.08. The summed E-state index contributed by atoms with van der Waals surface area (Å²) in [6.07, 6.45) is 3.43. The summed E-state index contributed by atoms with van der Waals surface area (Å²) in [7, 11) is 0. The number of primary amides is 1. The second-order valence-electron chi connectivity index (χ2n) is 6.10. The maximum absolute atomic E-state index is 11.1. The van der Waals surface area contributed by atoms with Crippen LogP contribution in [0.3, 0.4) is 0 Å². The van der Waals surface area contributed by atoms with Crippen LogP contribution >= 0.6 is 0 Å². The van der Waals surface area contributed by atoms with Crippen LogP contribution in [0, 0.1) is 0 Å². The molecule has 0 aliphatic heterocycles. The van der Waals surface area contributed by atoms with Gasteiger partial charge in [0.1, 0.15) is 11.4 Å². The SMILES string of the molecule is CCCCCOc1ccc(-c2cc(-c3ccc(C(N)=O)cc3)no2)cc1. The molecule has 0 atom stereocenters. The van der Waals surface area contributed by atoms with Crippen LogP contribution < -0.4 is 10.5 Å². The van der Waals surface area contributed by atoms with E-state index < -0.39 is 5.91 Å². The molecular weight excluding hydrogens is 328 g/mol. The van der Waals surface area contributed by atoms with Gasteiger partial charge in [0, 0.05) is 22.8 Å². The number of unbranched alkanes of at least 4 members (excludes halogenated alkanes) is 2. The molecule has 0 aliphatic carbocycles. The quantitative estimate of drug-likeness (QED) is 0.598. The van der Waals surface area contributed by atoms with Gasteiger partial charge in [-0.3, -0.25) is 4.79 Å². The van der Waals surface area contributed by atoms with Gasteiger partial charge in [-0.1, -0.05) is 37.1 Å². The van der Waals surface area contributed by atoms with Crippen LogP contribution in [-0.2, 0) is 0 Å². The Morgan fingerprint density at radius 2 is 1.73 bits per heavy atom. The van der Waals surface area contributed by atoms with E-state index in [1.54, 1.807) is 24.3 Å². The van der Waals surface area contributed by atoms with Crippen molar-refractivity contribution in [3.63, 3.8) is 0 Å². The molecule has 1 aromatic heterocycles. The van der Waals surface area contributed by atoms with E-state index in [4.69, 9.17) is 15.0 Å². The molecule has 0 fully saturated rings. The third-order valence-electron chi connectivity index (χ3n) is 4.13. The Bertz CT molecular complexity index is 852. The number of nitrogens with zero attached hydrogens (tertiary/aromatic N) is 1. The summed E-state index contributed by atoms with van der Waals surface area (Å²) in [6, 6.07) is 16.6. The van der Waals surface area contributed by atoms with Crippen LogP contribution in [0.2, 0.25) is 0 Å². The fourth-order valence-corrected chi connectivity index (χ4v) is 2.61. The number of nitrogens with two attached hydrogens (primary N) is 1. The molecule has 1 heterocycles. The van der Waals surface area contributed by atoms with Crippen molar-refractivity contribution < 1.29 is 14.1 Å². The van der Waals surface area contributed by atoms with Crippen molar-refractivity contribution in [2.24, 2.45) is 5.73 Å². The van der Waals surface area contributed by atoms with Gasteiger partial charge in [0.15, 0.2) is 5.76 Å². The van der Waals surface area contributed by atoms with Gasteiger partial charge >= 0.3 is 0 Å². The Morgan fingerprint density at radius 3 is 2.38 bits per heavy atom. The Labute approximate surface area is 152 Å². The molecule has 5 nitrogen and oxygen atoms in total. The molecule has 0 unspecified atom stereocenters. The maximum Gasteiger partial charge on any atom is 0.248 e. The summed E-state index contributed by atoms with van der Waals surface area (Å²) in [4.78, 5) is 11.1. The second-order valence-corrected chi connectivity index (χ2v) is 6.10. The first-order valence-electron chi connectivity index (χ1n) is 8.77. The van der Waals surface area contributed by atoms with E-state index in [0.29, 0.717) is 17.0 Å². The number of carbonyl (C=O) groups excluding carboxylic acids is 1. The molecule has 2 aromatic carbocycles. The van der Waals surface area contributed by atoms with Crippen molar-refractivity contribution in [3.8, 4) is 28.3 Å². The second kappa shape index (κ2) is 8.34. The van der Waals surface area contributed by atoms with E-state index in [9.17, 15) is 4.79 Å². The third kappa shape index (κ3) is 4.30. The summed E-state index contributed by atoms with van der Waals surface area (Å²) in [5.74, 6) is 1.08. The minimum absolute atomic E-state index is 0.450. The molecule has 3 aromatic rings. The molecule has 0 aliphatic rings. The zero-order valence-electron chi connectivity index (χ0n) is 14.8. The van der Waals surface area contributed by atoms with Crippen LogP contribution in [0.25, 0.3) is 22.6 Å². The smallest absolute Gasteiger partial charge is 0.248 e. The number of rotatable bonds is 8. The zero-order valence-corrected chi connectivity index (χ0v) is 14.8. The van der Waals surface area contributed by atoms with Crippen LogP contribution in [0.5, 0.6) is 5.75 Å². The molecule has 5 heteroatoms. The van der Waals surface area contributed by atoms with Gasteiger partial charge in [-0.05, 0) is 42.8 Å². The lowest BCUT2D eigenvalue weighted by molar-refractivity contribution is 0.100. The monoisotopic (exact) mass is 350 g/mol. The summed E-state index contributed by atoms with van der Waals surface area (Å²) >= 11 is 0. The Balaban J connectivity index is 1.68. The van der Waals surface area contributed by atoms with Crippen molar-refractivity contribution in [1.29, 1.82) is 0 Å². The molecule has 0 spiro atoms. The predicted molar refractivity (Wildman–Crippen MR) is 101 cm³/mol. The third-order valence-corrected chi connectivity index (χ3v) is 4.13. The lowest BCUT2D eigenvalue weighted by Crippen LogP contribution is -2.10. The molecule has 1 amide bonds. The summed E-state index contributed by atoms with van der Waals surface area (Å²) in [6.45, 7) is 2.91. The van der Waals surface area contributed by atoms with Crippen molar-refractivity contribution in [2.75, 3.05) is 6.61 Å². The van der Waals surface area contributed by atoms with Gasteiger partial charge in [-0.15, -0.1) is 0 Å². The highest BCUT2D eigenvalue weighted by Gasteiger charge is 2.09. The maximum atomic E-state index is 11.1. The standard InChI is InChI=1S/C21H22N2O3/c1-2-3-4-13-25-18-11-9-16(10-12-18)20-14-19(23-26-20)15-5-7-17(8-6-15)21(22)24/h5-12,14H,2-4,13H2,1H3,(H2,22,24). The summed E-state index contributed by atoms with van der Waals surface area (Å²) in [5, 5.41) is 4.11. The highest BCUT2D eigenvalue weighted by molar-refractivity contribution is 5.93. The molecule has 0 bridgehead atoms. The van der Waals surface area contributed by atoms with Gasteiger partial charge in [0.25, 0.3) is 0 Å². The summed E-state index contributed by atoms with van der Waals surface area (Å²) in [5.41, 5.74) is 8.22. The first-order valence-corrected chi connectivity index (χ1v) is 8.77. The average molecular weight is 350 g/mol. The molecule has 0 radical (unpaired) electrons. The summed E-state index contributed by atoms with van der Waals surface area (Å²) < 4.78 is 11.2. The molecule has 134 valence electrons.